The number of nitrogens with zero attached hydrogens (tertiary/aromatic N) is 1. The van der Waals surface area contributed by atoms with Crippen LogP contribution in [0.2, 0.25) is 0 Å². The van der Waals surface area contributed by atoms with Crippen molar-refractivity contribution in [3.05, 3.63) is 0 Å². The fourth-order valence-corrected chi connectivity index (χ4v) is 5.66. The van der Waals surface area contributed by atoms with E-state index in [4.69, 9.17) is 9.47 Å². The molecule has 20 heavy (non-hydrogen) atoms. The van der Waals surface area contributed by atoms with E-state index in [1.54, 1.807) is 0 Å². The fourth-order valence-electron chi connectivity index (χ4n) is 5.66. The summed E-state index contributed by atoms with van der Waals surface area (Å²) in [4.78, 5) is 0. The van der Waals surface area contributed by atoms with Crippen LogP contribution in [0.1, 0.15) is 51.9 Å². The molecule has 1 N–H and O–H groups in total. The van der Waals surface area contributed by atoms with Gasteiger partial charge in [-0.25, -0.2) is 0 Å². The van der Waals surface area contributed by atoms with Gasteiger partial charge in [-0.1, -0.05) is 12.1 Å². The molecule has 112 valence electrons. The molecule has 0 aromatic rings. The number of oxime groups is 1. The first-order valence-electron chi connectivity index (χ1n) is 8.16. The van der Waals surface area contributed by atoms with Gasteiger partial charge in [0.25, 0.3) is 0 Å². The van der Waals surface area contributed by atoms with Crippen LogP contribution in [0.4, 0.5) is 0 Å². The Bertz CT molecular complexity index is 429. The van der Waals surface area contributed by atoms with Crippen LogP contribution in [0.3, 0.4) is 0 Å². The second-order valence-corrected chi connectivity index (χ2v) is 7.42. The van der Waals surface area contributed by atoms with Gasteiger partial charge >= 0.3 is 0 Å². The summed E-state index contributed by atoms with van der Waals surface area (Å²) in [7, 11) is 0. The van der Waals surface area contributed by atoms with Crippen molar-refractivity contribution in [2.24, 2.45) is 28.3 Å². The highest BCUT2D eigenvalue weighted by Crippen LogP contribution is 2.59. The number of fused-ring (bicyclic) bond motifs is 3. The maximum absolute atomic E-state index is 9.28. The Kier molecular flexibility index (Phi) is 2.90. The zero-order chi connectivity index (χ0) is 13.8. The van der Waals surface area contributed by atoms with E-state index in [1.807, 2.05) is 0 Å². The number of hydrogen-bond acceptors (Lipinski definition) is 4. The van der Waals surface area contributed by atoms with Gasteiger partial charge in [-0.2, -0.15) is 0 Å². The number of ether oxygens (including phenoxy) is 2. The Morgan fingerprint density at radius 3 is 2.70 bits per heavy atom. The molecule has 0 aromatic heterocycles. The molecule has 4 aliphatic rings. The first-order chi connectivity index (χ1) is 9.67. The van der Waals surface area contributed by atoms with Crippen LogP contribution in [-0.2, 0) is 9.47 Å². The summed E-state index contributed by atoms with van der Waals surface area (Å²) in [5.74, 6) is 1.96. The smallest absolute Gasteiger partial charge is 0.168 e. The largest absolute Gasteiger partial charge is 0.411 e. The van der Waals surface area contributed by atoms with Crippen molar-refractivity contribution < 1.29 is 14.7 Å². The highest BCUT2D eigenvalue weighted by molar-refractivity contribution is 5.91. The van der Waals surface area contributed by atoms with Crippen molar-refractivity contribution in [1.29, 1.82) is 0 Å². The minimum Gasteiger partial charge on any atom is -0.411 e. The number of rotatable bonds is 0. The lowest BCUT2D eigenvalue weighted by atomic mass is 9.56. The average molecular weight is 279 g/mol. The highest BCUT2D eigenvalue weighted by Gasteiger charge is 2.56. The van der Waals surface area contributed by atoms with Crippen molar-refractivity contribution in [1.82, 2.24) is 0 Å². The molecule has 3 saturated carbocycles. The lowest BCUT2D eigenvalue weighted by Crippen LogP contribution is -2.48. The average Bonchev–Trinajstić information content (AvgIpc) is 3.03. The second kappa shape index (κ2) is 4.44. The van der Waals surface area contributed by atoms with E-state index in [1.165, 1.54) is 19.3 Å². The molecule has 0 radical (unpaired) electrons. The third kappa shape index (κ3) is 1.70. The molecule has 4 fully saturated rings. The Morgan fingerprint density at radius 1 is 1.15 bits per heavy atom. The SMILES string of the molecule is C[C@]12CC[C@@H]3CC4(CC[C@H]3[C@@H]1CC/C2=N\O)OCCO4. The van der Waals surface area contributed by atoms with Gasteiger partial charge < -0.3 is 14.7 Å². The van der Waals surface area contributed by atoms with Crippen LogP contribution < -0.4 is 0 Å². The van der Waals surface area contributed by atoms with Crippen LogP contribution in [0.25, 0.3) is 0 Å². The van der Waals surface area contributed by atoms with Crippen LogP contribution in [0.15, 0.2) is 5.16 Å². The minimum atomic E-state index is -0.249. The summed E-state index contributed by atoms with van der Waals surface area (Å²) >= 11 is 0. The molecule has 0 amide bonds. The van der Waals surface area contributed by atoms with Gasteiger partial charge in [0.05, 0.1) is 18.9 Å². The van der Waals surface area contributed by atoms with E-state index < -0.39 is 0 Å². The molecule has 4 heteroatoms. The van der Waals surface area contributed by atoms with E-state index in [0.29, 0.717) is 5.92 Å². The molecule has 1 heterocycles. The number of hydrogen-bond donors (Lipinski definition) is 1. The zero-order valence-electron chi connectivity index (χ0n) is 12.3. The molecule has 0 unspecified atom stereocenters. The Morgan fingerprint density at radius 2 is 1.95 bits per heavy atom. The third-order valence-corrected chi connectivity index (χ3v) is 6.69. The summed E-state index contributed by atoms with van der Waals surface area (Å²) in [6.07, 6.45) is 7.91. The minimum absolute atomic E-state index is 0.151. The quantitative estimate of drug-likeness (QED) is 0.547. The van der Waals surface area contributed by atoms with Crippen molar-refractivity contribution in [2.75, 3.05) is 13.2 Å². The van der Waals surface area contributed by atoms with Gasteiger partial charge in [0.1, 0.15) is 0 Å². The predicted molar refractivity (Wildman–Crippen MR) is 74.8 cm³/mol. The molecular weight excluding hydrogens is 254 g/mol. The monoisotopic (exact) mass is 279 g/mol. The molecule has 1 spiro atoms. The normalized spacial score (nSPS) is 48.5. The molecule has 0 aromatic carbocycles. The van der Waals surface area contributed by atoms with Crippen LogP contribution in [0.5, 0.6) is 0 Å². The maximum Gasteiger partial charge on any atom is 0.168 e. The lowest BCUT2D eigenvalue weighted by molar-refractivity contribution is -0.205. The van der Waals surface area contributed by atoms with Gasteiger partial charge in [-0.05, 0) is 49.9 Å². The van der Waals surface area contributed by atoms with Crippen molar-refractivity contribution in [3.8, 4) is 0 Å². The summed E-state index contributed by atoms with van der Waals surface area (Å²) in [6.45, 7) is 3.85. The third-order valence-electron chi connectivity index (χ3n) is 6.69. The Hall–Kier alpha value is -0.610. The molecule has 1 saturated heterocycles. The Balaban J connectivity index is 1.56. The standard InChI is InChI=1S/C16H25NO3/c1-15-6-4-11-10-16(19-8-9-20-16)7-5-12(11)13(15)2-3-14(15)17-18/h11-13,18H,2-10H2,1H3/b17-14+/t11-,12-,13+,15+/m1/s1. The maximum atomic E-state index is 9.28. The van der Waals surface area contributed by atoms with Crippen molar-refractivity contribution in [3.63, 3.8) is 0 Å². The lowest BCUT2D eigenvalue weighted by Gasteiger charge is -2.51. The van der Waals surface area contributed by atoms with Gasteiger partial charge in [-0.15, -0.1) is 0 Å². The molecule has 4 nitrogen and oxygen atoms in total. The molecule has 1 aliphatic heterocycles. The van der Waals surface area contributed by atoms with Gasteiger partial charge in [0.2, 0.25) is 0 Å². The van der Waals surface area contributed by atoms with Crippen LogP contribution >= 0.6 is 0 Å². The summed E-state index contributed by atoms with van der Waals surface area (Å²) in [5.41, 5.74) is 1.20. The molecule has 0 bridgehead atoms. The fraction of sp³-hybridized carbons (Fsp3) is 0.938. The van der Waals surface area contributed by atoms with E-state index in [-0.39, 0.29) is 11.2 Å². The van der Waals surface area contributed by atoms with Crippen LogP contribution in [0, 0.1) is 23.2 Å². The molecule has 3 aliphatic carbocycles. The van der Waals surface area contributed by atoms with Crippen molar-refractivity contribution >= 4 is 5.71 Å². The van der Waals surface area contributed by atoms with E-state index in [2.05, 4.69) is 12.1 Å². The van der Waals surface area contributed by atoms with Crippen LogP contribution in [-0.4, -0.2) is 29.9 Å². The summed E-state index contributed by atoms with van der Waals surface area (Å²) < 4.78 is 11.8. The molecule has 4 rings (SSSR count). The van der Waals surface area contributed by atoms with E-state index in [9.17, 15) is 5.21 Å². The Labute approximate surface area is 120 Å². The van der Waals surface area contributed by atoms with Gasteiger partial charge in [0, 0.05) is 18.3 Å². The predicted octanol–water partition coefficient (Wildman–Crippen LogP) is 3.19. The first kappa shape index (κ1) is 13.1. The van der Waals surface area contributed by atoms with Crippen molar-refractivity contribution in [2.45, 2.75) is 57.7 Å². The summed E-state index contributed by atoms with van der Waals surface area (Å²) in [6, 6.07) is 0. The summed E-state index contributed by atoms with van der Waals surface area (Å²) in [5, 5.41) is 12.9. The van der Waals surface area contributed by atoms with E-state index in [0.717, 1.165) is 56.4 Å². The molecule has 4 atom stereocenters. The second-order valence-electron chi connectivity index (χ2n) is 7.42. The van der Waals surface area contributed by atoms with Gasteiger partial charge in [0.15, 0.2) is 5.79 Å². The zero-order valence-corrected chi connectivity index (χ0v) is 12.3. The highest BCUT2D eigenvalue weighted by atomic mass is 16.7. The molecular formula is C16H25NO3. The van der Waals surface area contributed by atoms with Gasteiger partial charge in [-0.3, -0.25) is 0 Å². The van der Waals surface area contributed by atoms with E-state index >= 15 is 0 Å². The first-order valence-corrected chi connectivity index (χ1v) is 8.16. The topological polar surface area (TPSA) is 51.1 Å².